The minimum atomic E-state index is -0.639. The first-order valence-corrected chi connectivity index (χ1v) is 9.38. The second-order valence-corrected chi connectivity index (χ2v) is 7.14. The third kappa shape index (κ3) is 3.90. The molecule has 4 aromatic rings. The summed E-state index contributed by atoms with van der Waals surface area (Å²) < 4.78 is 6.01. The molecule has 0 unspecified atom stereocenters. The predicted octanol–water partition coefficient (Wildman–Crippen LogP) is 4.79. The van der Waals surface area contributed by atoms with Crippen LogP contribution in [0.3, 0.4) is 0 Å². The van der Waals surface area contributed by atoms with E-state index in [2.05, 4.69) is 10.1 Å². The van der Waals surface area contributed by atoms with E-state index in [0.29, 0.717) is 10.7 Å². The molecule has 1 amide bonds. The number of benzene rings is 2. The number of hydrogen-bond donors (Lipinski definition) is 0. The highest BCUT2D eigenvalue weighted by molar-refractivity contribution is 7.22. The molecule has 9 heteroatoms. The van der Waals surface area contributed by atoms with Crippen LogP contribution >= 0.6 is 11.3 Å². The van der Waals surface area contributed by atoms with E-state index in [0.717, 1.165) is 15.8 Å². The normalized spacial score (nSPS) is 11.2. The molecule has 0 fully saturated rings. The highest BCUT2D eigenvalue weighted by Crippen LogP contribution is 2.30. The number of fused-ring (bicyclic) bond motifs is 1. The summed E-state index contributed by atoms with van der Waals surface area (Å²) in [6.07, 6.45) is 1.26. The third-order valence-electron chi connectivity index (χ3n) is 4.02. The molecule has 0 saturated heterocycles. The van der Waals surface area contributed by atoms with Gasteiger partial charge in [0.15, 0.2) is 5.76 Å². The molecule has 0 bridgehead atoms. The molecular formula is C20H14N4O4S. The van der Waals surface area contributed by atoms with Crippen LogP contribution < -0.4 is 5.01 Å². The SMILES string of the molecule is Cc1ccc2nc(N(/N=C\c3ccc([N+](=O)[O-])o3)C(=O)c3ccccc3)sc2c1. The van der Waals surface area contributed by atoms with Crippen molar-refractivity contribution in [3.63, 3.8) is 0 Å². The first kappa shape index (κ1) is 18.5. The summed E-state index contributed by atoms with van der Waals surface area (Å²) in [5.74, 6) is -0.624. The van der Waals surface area contributed by atoms with Gasteiger partial charge in [0.2, 0.25) is 5.13 Å². The van der Waals surface area contributed by atoms with Crippen molar-refractivity contribution < 1.29 is 14.1 Å². The number of rotatable bonds is 5. The minimum absolute atomic E-state index is 0.152. The van der Waals surface area contributed by atoms with Crippen LogP contribution in [0.2, 0.25) is 0 Å². The molecule has 2 heterocycles. The molecule has 0 aliphatic heterocycles. The molecule has 29 heavy (non-hydrogen) atoms. The van der Waals surface area contributed by atoms with E-state index in [-0.39, 0.29) is 11.7 Å². The lowest BCUT2D eigenvalue weighted by molar-refractivity contribution is -0.402. The molecule has 2 aromatic heterocycles. The number of hydrazone groups is 1. The van der Waals surface area contributed by atoms with Gasteiger partial charge in [0.25, 0.3) is 5.91 Å². The van der Waals surface area contributed by atoms with Crippen molar-refractivity contribution in [1.82, 2.24) is 4.98 Å². The van der Waals surface area contributed by atoms with Crippen LogP contribution in [0.1, 0.15) is 21.7 Å². The van der Waals surface area contributed by atoms with Gasteiger partial charge in [-0.15, -0.1) is 0 Å². The number of aryl methyl sites for hydroxylation is 1. The zero-order valence-electron chi connectivity index (χ0n) is 15.2. The van der Waals surface area contributed by atoms with Gasteiger partial charge in [0.1, 0.15) is 4.92 Å². The lowest BCUT2D eigenvalue weighted by Crippen LogP contribution is -2.25. The Morgan fingerprint density at radius 1 is 1.21 bits per heavy atom. The lowest BCUT2D eigenvalue weighted by Gasteiger charge is -2.13. The summed E-state index contributed by atoms with van der Waals surface area (Å²) in [4.78, 5) is 27.7. The molecule has 2 aromatic carbocycles. The first-order chi connectivity index (χ1) is 14.0. The number of nitrogens with zero attached hydrogens (tertiary/aromatic N) is 4. The molecule has 0 N–H and O–H groups in total. The first-order valence-electron chi connectivity index (χ1n) is 8.56. The summed E-state index contributed by atoms with van der Waals surface area (Å²) >= 11 is 1.33. The van der Waals surface area contributed by atoms with Crippen LogP contribution in [0.5, 0.6) is 0 Å². The summed E-state index contributed by atoms with van der Waals surface area (Å²) in [5, 5.41) is 16.6. The van der Waals surface area contributed by atoms with Crippen molar-refractivity contribution >= 4 is 44.7 Å². The molecule has 8 nitrogen and oxygen atoms in total. The molecule has 0 radical (unpaired) electrons. The van der Waals surface area contributed by atoms with Gasteiger partial charge in [0, 0.05) is 5.56 Å². The van der Waals surface area contributed by atoms with E-state index in [1.807, 2.05) is 31.2 Å². The van der Waals surface area contributed by atoms with Gasteiger partial charge in [-0.2, -0.15) is 10.1 Å². The van der Waals surface area contributed by atoms with Crippen LogP contribution in [0.15, 0.2) is 70.2 Å². The Kier molecular flexibility index (Phi) is 4.88. The number of anilines is 1. The minimum Gasteiger partial charge on any atom is -0.400 e. The van der Waals surface area contributed by atoms with Gasteiger partial charge in [-0.05, 0) is 42.8 Å². The number of aromatic nitrogens is 1. The number of thiazole rings is 1. The Hall–Kier alpha value is -3.85. The Morgan fingerprint density at radius 3 is 2.72 bits per heavy atom. The fraction of sp³-hybridized carbons (Fsp3) is 0.0500. The lowest BCUT2D eigenvalue weighted by atomic mass is 10.2. The smallest absolute Gasteiger partial charge is 0.400 e. The monoisotopic (exact) mass is 406 g/mol. The molecule has 0 aliphatic rings. The maximum absolute atomic E-state index is 13.1. The van der Waals surface area contributed by atoms with Crippen LogP contribution in [0.4, 0.5) is 11.0 Å². The van der Waals surface area contributed by atoms with Crippen LogP contribution in [0, 0.1) is 17.0 Å². The van der Waals surface area contributed by atoms with Gasteiger partial charge in [-0.3, -0.25) is 14.9 Å². The maximum Gasteiger partial charge on any atom is 0.433 e. The zero-order chi connectivity index (χ0) is 20.4. The Bertz CT molecular complexity index is 1230. The molecule has 144 valence electrons. The van der Waals surface area contributed by atoms with E-state index in [9.17, 15) is 14.9 Å². The predicted molar refractivity (Wildman–Crippen MR) is 111 cm³/mol. The summed E-state index contributed by atoms with van der Waals surface area (Å²) in [5.41, 5.74) is 2.27. The Balaban J connectivity index is 1.74. The Morgan fingerprint density at radius 2 is 2.00 bits per heavy atom. The van der Waals surface area contributed by atoms with E-state index in [4.69, 9.17) is 4.42 Å². The quantitative estimate of drug-likeness (QED) is 0.269. The topological polar surface area (TPSA) is 102 Å². The number of nitro groups is 1. The third-order valence-corrected chi connectivity index (χ3v) is 5.01. The largest absolute Gasteiger partial charge is 0.433 e. The fourth-order valence-electron chi connectivity index (χ4n) is 2.63. The molecular weight excluding hydrogens is 392 g/mol. The number of amides is 1. The number of carbonyl (C=O) groups is 1. The number of furan rings is 1. The number of carbonyl (C=O) groups excluding carboxylic acids is 1. The summed E-state index contributed by atoms with van der Waals surface area (Å²) in [6.45, 7) is 1.98. The average Bonchev–Trinajstić information content (AvgIpc) is 3.35. The highest BCUT2D eigenvalue weighted by Gasteiger charge is 2.21. The molecule has 0 spiro atoms. The van der Waals surface area contributed by atoms with Gasteiger partial charge < -0.3 is 4.42 Å². The van der Waals surface area contributed by atoms with Gasteiger partial charge in [-0.25, -0.2) is 4.98 Å². The maximum atomic E-state index is 13.1. The van der Waals surface area contributed by atoms with Crippen molar-refractivity contribution in [2.75, 3.05) is 5.01 Å². The van der Waals surface area contributed by atoms with Crippen LogP contribution in [-0.4, -0.2) is 22.0 Å². The second-order valence-electron chi connectivity index (χ2n) is 6.13. The molecule has 0 atom stereocenters. The Labute approximate surface area is 168 Å². The molecule has 0 saturated carbocycles. The van der Waals surface area contributed by atoms with Gasteiger partial charge in [-0.1, -0.05) is 35.6 Å². The van der Waals surface area contributed by atoms with Crippen LogP contribution in [0.25, 0.3) is 10.2 Å². The zero-order valence-corrected chi connectivity index (χ0v) is 16.0. The molecule has 0 aliphatic carbocycles. The number of hydrogen-bond acceptors (Lipinski definition) is 7. The summed E-state index contributed by atoms with van der Waals surface area (Å²) in [6, 6.07) is 17.1. The van der Waals surface area contributed by atoms with Crippen molar-refractivity contribution in [2.24, 2.45) is 5.10 Å². The van der Waals surface area contributed by atoms with Crippen LogP contribution in [-0.2, 0) is 0 Å². The van der Waals surface area contributed by atoms with Gasteiger partial charge >= 0.3 is 5.88 Å². The standard InChI is InChI=1S/C20H14N4O4S/c1-13-7-9-16-17(11-13)29-20(22-16)23(19(25)14-5-3-2-4-6-14)21-12-15-8-10-18(28-15)24(26)27/h2-12H,1H3/b21-12-. The molecule has 4 rings (SSSR count). The van der Waals surface area contributed by atoms with Crippen molar-refractivity contribution in [3.8, 4) is 0 Å². The average molecular weight is 406 g/mol. The van der Waals surface area contributed by atoms with E-state index in [1.165, 1.54) is 34.7 Å². The van der Waals surface area contributed by atoms with Crippen molar-refractivity contribution in [2.45, 2.75) is 6.92 Å². The summed E-state index contributed by atoms with van der Waals surface area (Å²) in [7, 11) is 0. The van der Waals surface area contributed by atoms with E-state index >= 15 is 0 Å². The van der Waals surface area contributed by atoms with Crippen molar-refractivity contribution in [1.29, 1.82) is 0 Å². The van der Waals surface area contributed by atoms with Gasteiger partial charge in [0.05, 0.1) is 22.5 Å². The van der Waals surface area contributed by atoms with E-state index in [1.54, 1.807) is 24.3 Å². The second kappa shape index (κ2) is 7.64. The van der Waals surface area contributed by atoms with E-state index < -0.39 is 10.8 Å². The highest BCUT2D eigenvalue weighted by atomic mass is 32.1. The van der Waals surface area contributed by atoms with Crippen molar-refractivity contribution in [3.05, 3.63) is 87.7 Å². The fourth-order valence-corrected chi connectivity index (χ4v) is 3.65.